The molecule has 0 atom stereocenters. The second-order valence-electron chi connectivity index (χ2n) is 6.60. The van der Waals surface area contributed by atoms with Gasteiger partial charge in [0.05, 0.1) is 19.4 Å². The van der Waals surface area contributed by atoms with E-state index < -0.39 is 0 Å². The number of amides is 1. The van der Waals surface area contributed by atoms with Gasteiger partial charge in [0, 0.05) is 56.8 Å². The summed E-state index contributed by atoms with van der Waals surface area (Å²) in [5, 5.41) is 4.18. The van der Waals surface area contributed by atoms with E-state index in [0.29, 0.717) is 6.54 Å². The molecule has 1 aliphatic heterocycles. The number of hydrogen-bond donors (Lipinski definition) is 0. The number of morpholine rings is 1. The van der Waals surface area contributed by atoms with Crippen molar-refractivity contribution in [1.82, 2.24) is 14.7 Å². The van der Waals surface area contributed by atoms with Crippen molar-refractivity contribution in [3.05, 3.63) is 53.4 Å². The van der Waals surface area contributed by atoms with Crippen LogP contribution in [0, 0.1) is 6.92 Å². The quantitative estimate of drug-likeness (QED) is 0.773. The third-order valence-corrected chi connectivity index (χ3v) is 4.79. The normalized spacial score (nSPS) is 14.8. The van der Waals surface area contributed by atoms with Gasteiger partial charge in [0.1, 0.15) is 0 Å². The summed E-state index contributed by atoms with van der Waals surface area (Å²) in [7, 11) is 3.71. The highest BCUT2D eigenvalue weighted by molar-refractivity contribution is 5.91. The lowest BCUT2D eigenvalue weighted by molar-refractivity contribution is -0.125. The van der Waals surface area contributed by atoms with Crippen molar-refractivity contribution in [2.24, 2.45) is 7.05 Å². The van der Waals surface area contributed by atoms with E-state index in [0.717, 1.165) is 43.1 Å². The number of nitrogens with zero attached hydrogens (tertiary/aromatic N) is 4. The predicted octanol–water partition coefficient (Wildman–Crippen LogP) is 2.24. The third kappa shape index (κ3) is 4.32. The number of carbonyl (C=O) groups is 1. The summed E-state index contributed by atoms with van der Waals surface area (Å²) in [6.45, 7) is 5.98. The van der Waals surface area contributed by atoms with Crippen LogP contribution >= 0.6 is 0 Å². The first-order valence-electron chi connectivity index (χ1n) is 8.88. The molecule has 0 spiro atoms. The standard InChI is InChI=1S/C20H26N4O2/c1-16-18(14-21-23(16)3)6-9-20(25)22(2)15-17-4-7-19(8-5-17)24-10-12-26-13-11-24/h4-9,14H,10-13,15H2,1-3H3/b9-6+. The van der Waals surface area contributed by atoms with Crippen molar-refractivity contribution >= 4 is 17.7 Å². The van der Waals surface area contributed by atoms with Gasteiger partial charge in [-0.25, -0.2) is 0 Å². The van der Waals surface area contributed by atoms with Crippen LogP contribution in [-0.2, 0) is 23.1 Å². The van der Waals surface area contributed by atoms with Crippen molar-refractivity contribution in [3.8, 4) is 0 Å². The third-order valence-electron chi connectivity index (χ3n) is 4.79. The van der Waals surface area contributed by atoms with Gasteiger partial charge in [-0.05, 0) is 30.7 Å². The SMILES string of the molecule is Cc1c(/C=C/C(=O)N(C)Cc2ccc(N3CCOCC3)cc2)cnn1C. The molecule has 0 aliphatic carbocycles. The summed E-state index contributed by atoms with van der Waals surface area (Å²) < 4.78 is 7.19. The van der Waals surface area contributed by atoms with Gasteiger partial charge < -0.3 is 14.5 Å². The fourth-order valence-electron chi connectivity index (χ4n) is 2.95. The molecule has 3 rings (SSSR count). The van der Waals surface area contributed by atoms with Crippen molar-refractivity contribution in [1.29, 1.82) is 0 Å². The first kappa shape index (κ1) is 18.2. The van der Waals surface area contributed by atoms with E-state index >= 15 is 0 Å². The lowest BCUT2D eigenvalue weighted by Gasteiger charge is -2.29. The van der Waals surface area contributed by atoms with Crippen LogP contribution in [0.25, 0.3) is 6.08 Å². The molecule has 1 aromatic heterocycles. The van der Waals surface area contributed by atoms with E-state index in [1.54, 1.807) is 21.9 Å². The molecule has 2 aromatic rings. The van der Waals surface area contributed by atoms with E-state index in [4.69, 9.17) is 4.74 Å². The summed E-state index contributed by atoms with van der Waals surface area (Å²) >= 11 is 0. The van der Waals surface area contributed by atoms with E-state index in [9.17, 15) is 4.79 Å². The van der Waals surface area contributed by atoms with Crippen LogP contribution in [0.4, 0.5) is 5.69 Å². The van der Waals surface area contributed by atoms with Gasteiger partial charge in [0.2, 0.25) is 5.91 Å². The Labute approximate surface area is 154 Å². The maximum Gasteiger partial charge on any atom is 0.246 e. The Balaban J connectivity index is 1.57. The number of carbonyl (C=O) groups excluding carboxylic acids is 1. The molecule has 0 bridgehead atoms. The summed E-state index contributed by atoms with van der Waals surface area (Å²) in [6.07, 6.45) is 5.19. The molecule has 6 nitrogen and oxygen atoms in total. The zero-order valence-corrected chi connectivity index (χ0v) is 15.7. The minimum Gasteiger partial charge on any atom is -0.378 e. The molecule has 138 valence electrons. The Hall–Kier alpha value is -2.60. The maximum atomic E-state index is 12.3. The number of benzene rings is 1. The van der Waals surface area contributed by atoms with Crippen molar-refractivity contribution in [3.63, 3.8) is 0 Å². The second-order valence-corrected chi connectivity index (χ2v) is 6.60. The molecule has 1 aliphatic rings. The number of hydrogen-bond acceptors (Lipinski definition) is 4. The number of aromatic nitrogens is 2. The van der Waals surface area contributed by atoms with E-state index in [1.165, 1.54) is 5.69 Å². The molecule has 0 N–H and O–H groups in total. The van der Waals surface area contributed by atoms with E-state index in [-0.39, 0.29) is 5.91 Å². The van der Waals surface area contributed by atoms with Crippen LogP contribution in [0.15, 0.2) is 36.5 Å². The average molecular weight is 354 g/mol. The lowest BCUT2D eigenvalue weighted by Crippen LogP contribution is -2.36. The molecule has 6 heteroatoms. The van der Waals surface area contributed by atoms with Gasteiger partial charge in [-0.1, -0.05) is 12.1 Å². The Kier molecular flexibility index (Phi) is 5.73. The minimum atomic E-state index is -0.0227. The van der Waals surface area contributed by atoms with Crippen LogP contribution in [0.5, 0.6) is 0 Å². The number of rotatable bonds is 5. The van der Waals surface area contributed by atoms with Crippen molar-refractivity contribution < 1.29 is 9.53 Å². The topological polar surface area (TPSA) is 50.6 Å². The Bertz CT molecular complexity index is 774. The number of likely N-dealkylation sites (N-methyl/N-ethyl adjacent to an activating group) is 1. The van der Waals surface area contributed by atoms with Crippen LogP contribution in [0.1, 0.15) is 16.8 Å². The number of anilines is 1. The first-order valence-corrected chi connectivity index (χ1v) is 8.88. The summed E-state index contributed by atoms with van der Waals surface area (Å²) in [4.78, 5) is 16.4. The van der Waals surface area contributed by atoms with Gasteiger partial charge in [-0.2, -0.15) is 5.10 Å². The Morgan fingerprint density at radius 1 is 1.27 bits per heavy atom. The highest BCUT2D eigenvalue weighted by Crippen LogP contribution is 2.17. The molecule has 1 fully saturated rings. The van der Waals surface area contributed by atoms with Gasteiger partial charge >= 0.3 is 0 Å². The molecule has 1 amide bonds. The van der Waals surface area contributed by atoms with Crippen molar-refractivity contribution in [2.75, 3.05) is 38.3 Å². The van der Waals surface area contributed by atoms with E-state index in [2.05, 4.69) is 34.3 Å². The highest BCUT2D eigenvalue weighted by Gasteiger charge is 2.12. The van der Waals surface area contributed by atoms with Gasteiger partial charge in [-0.15, -0.1) is 0 Å². The molecule has 0 unspecified atom stereocenters. The fourth-order valence-corrected chi connectivity index (χ4v) is 2.95. The number of ether oxygens (including phenoxy) is 1. The molecule has 2 heterocycles. The molecule has 26 heavy (non-hydrogen) atoms. The Morgan fingerprint density at radius 3 is 2.58 bits per heavy atom. The van der Waals surface area contributed by atoms with E-state index in [1.807, 2.05) is 27.1 Å². The fraction of sp³-hybridized carbons (Fsp3) is 0.400. The zero-order valence-electron chi connectivity index (χ0n) is 15.7. The van der Waals surface area contributed by atoms with Gasteiger partial charge in [0.25, 0.3) is 0 Å². The molecular formula is C20H26N4O2. The van der Waals surface area contributed by atoms with Crippen LogP contribution in [0.3, 0.4) is 0 Å². The van der Waals surface area contributed by atoms with Gasteiger partial charge in [0.15, 0.2) is 0 Å². The zero-order chi connectivity index (χ0) is 18.5. The predicted molar refractivity (Wildman–Crippen MR) is 103 cm³/mol. The summed E-state index contributed by atoms with van der Waals surface area (Å²) in [6, 6.07) is 8.41. The highest BCUT2D eigenvalue weighted by atomic mass is 16.5. The van der Waals surface area contributed by atoms with Crippen molar-refractivity contribution in [2.45, 2.75) is 13.5 Å². The summed E-state index contributed by atoms with van der Waals surface area (Å²) in [5.74, 6) is -0.0227. The smallest absolute Gasteiger partial charge is 0.246 e. The summed E-state index contributed by atoms with van der Waals surface area (Å²) in [5.41, 5.74) is 4.32. The molecule has 1 saturated heterocycles. The maximum absolute atomic E-state index is 12.3. The Morgan fingerprint density at radius 2 is 1.96 bits per heavy atom. The first-order chi connectivity index (χ1) is 12.5. The number of aryl methyl sites for hydroxylation is 1. The molecule has 0 radical (unpaired) electrons. The largest absolute Gasteiger partial charge is 0.378 e. The molecule has 1 aromatic carbocycles. The average Bonchev–Trinajstić information content (AvgIpc) is 2.99. The van der Waals surface area contributed by atoms with Crippen LogP contribution in [-0.4, -0.2) is 53.9 Å². The molecular weight excluding hydrogens is 328 g/mol. The molecule has 0 saturated carbocycles. The van der Waals surface area contributed by atoms with Crippen LogP contribution in [0.2, 0.25) is 0 Å². The van der Waals surface area contributed by atoms with Gasteiger partial charge in [-0.3, -0.25) is 9.48 Å². The van der Waals surface area contributed by atoms with Crippen LogP contribution < -0.4 is 4.90 Å². The lowest BCUT2D eigenvalue weighted by atomic mass is 10.1. The minimum absolute atomic E-state index is 0.0227. The second kappa shape index (κ2) is 8.19. The monoisotopic (exact) mass is 354 g/mol.